The van der Waals surface area contributed by atoms with Crippen LogP contribution in [0.4, 0.5) is 0 Å². The lowest BCUT2D eigenvalue weighted by Crippen LogP contribution is -2.45. The van der Waals surface area contributed by atoms with Crippen LogP contribution in [-0.4, -0.2) is 66.8 Å². The summed E-state index contributed by atoms with van der Waals surface area (Å²) in [6.45, 7) is -0.612. The van der Waals surface area contributed by atoms with E-state index in [1.807, 2.05) is 30.3 Å². The number of carboxylic acid groups (broad SMARTS) is 1. The summed E-state index contributed by atoms with van der Waals surface area (Å²) in [4.78, 5) is 37.7. The maximum atomic E-state index is 12.6. The van der Waals surface area contributed by atoms with Crippen molar-refractivity contribution in [1.82, 2.24) is 10.2 Å². The van der Waals surface area contributed by atoms with Crippen molar-refractivity contribution in [3.05, 3.63) is 48.0 Å². The minimum atomic E-state index is -3.49. The number of fused-ring (bicyclic) bond motifs is 3. The Hall–Kier alpha value is -2.98. The van der Waals surface area contributed by atoms with Crippen LogP contribution in [0.3, 0.4) is 0 Å². The second-order valence-corrected chi connectivity index (χ2v) is 11.0. The molecule has 1 fully saturated rings. The van der Waals surface area contributed by atoms with Crippen LogP contribution in [0.2, 0.25) is 0 Å². The minimum Gasteiger partial charge on any atom is -0.480 e. The molecule has 2 heterocycles. The van der Waals surface area contributed by atoms with E-state index in [1.54, 1.807) is 23.5 Å². The number of rotatable bonds is 5. The molecule has 2 N–H and O–H groups in total. The van der Waals surface area contributed by atoms with Crippen LogP contribution >= 0.6 is 11.3 Å². The minimum absolute atomic E-state index is 0.157. The molecule has 0 bridgehead atoms. The molecule has 0 spiro atoms. The number of aliphatic carboxylic acids is 1. The number of thiophene rings is 1. The van der Waals surface area contributed by atoms with Crippen molar-refractivity contribution in [2.45, 2.75) is 17.7 Å². The van der Waals surface area contributed by atoms with Crippen LogP contribution in [0.1, 0.15) is 16.8 Å². The molecular weight excluding hydrogens is 440 g/mol. The maximum absolute atomic E-state index is 12.6. The molecule has 1 saturated heterocycles. The summed E-state index contributed by atoms with van der Waals surface area (Å²) in [6, 6.07) is 11.9. The molecule has 1 aromatic heterocycles. The molecular formula is C21H20N2O6S2. The van der Waals surface area contributed by atoms with Crippen molar-refractivity contribution < 1.29 is 27.9 Å². The van der Waals surface area contributed by atoms with Crippen LogP contribution in [0.25, 0.3) is 20.2 Å². The summed E-state index contributed by atoms with van der Waals surface area (Å²) in [7, 11) is -3.49. The fourth-order valence-electron chi connectivity index (χ4n) is 3.84. The first-order chi connectivity index (χ1) is 14.6. The van der Waals surface area contributed by atoms with Gasteiger partial charge in [0.2, 0.25) is 5.91 Å². The highest BCUT2D eigenvalue weighted by atomic mass is 32.2. The van der Waals surface area contributed by atoms with Crippen molar-refractivity contribution in [2.75, 3.05) is 19.3 Å². The molecule has 0 radical (unpaired) electrons. The summed E-state index contributed by atoms with van der Waals surface area (Å²) < 4.78 is 25.8. The van der Waals surface area contributed by atoms with Gasteiger partial charge in [-0.3, -0.25) is 9.59 Å². The van der Waals surface area contributed by atoms with Gasteiger partial charge in [-0.05, 0) is 30.7 Å². The summed E-state index contributed by atoms with van der Waals surface area (Å²) in [6.07, 6.45) is 0.867. The number of carbonyl (C=O) groups is 3. The van der Waals surface area contributed by atoms with Gasteiger partial charge in [-0.15, -0.1) is 11.3 Å². The fourth-order valence-corrected chi connectivity index (χ4v) is 5.89. The third-order valence-electron chi connectivity index (χ3n) is 5.51. The first-order valence-corrected chi connectivity index (χ1v) is 12.3. The van der Waals surface area contributed by atoms with Crippen molar-refractivity contribution in [2.24, 2.45) is 0 Å². The van der Waals surface area contributed by atoms with Gasteiger partial charge in [-0.2, -0.15) is 0 Å². The Kier molecular flexibility index (Phi) is 5.44. The number of hydrogen-bond acceptors (Lipinski definition) is 6. The lowest BCUT2D eigenvalue weighted by molar-refractivity contribution is -0.147. The average molecular weight is 461 g/mol. The molecule has 0 aliphatic carbocycles. The van der Waals surface area contributed by atoms with E-state index in [9.17, 15) is 27.9 Å². The topological polar surface area (TPSA) is 121 Å². The van der Waals surface area contributed by atoms with Gasteiger partial charge >= 0.3 is 5.97 Å². The number of likely N-dealkylation sites (tertiary alicyclic amines) is 1. The fraction of sp³-hybridized carbons (Fsp3) is 0.286. The Morgan fingerprint density at radius 3 is 2.55 bits per heavy atom. The number of benzene rings is 2. The van der Waals surface area contributed by atoms with Crippen LogP contribution in [0, 0.1) is 0 Å². The van der Waals surface area contributed by atoms with E-state index in [0.29, 0.717) is 5.56 Å². The van der Waals surface area contributed by atoms with E-state index < -0.39 is 45.5 Å². The van der Waals surface area contributed by atoms with Gasteiger partial charge in [-0.25, -0.2) is 13.2 Å². The Balaban J connectivity index is 1.48. The predicted molar refractivity (Wildman–Crippen MR) is 118 cm³/mol. The van der Waals surface area contributed by atoms with Crippen molar-refractivity contribution in [3.63, 3.8) is 0 Å². The van der Waals surface area contributed by atoms with Gasteiger partial charge in [0, 0.05) is 38.5 Å². The first-order valence-electron chi connectivity index (χ1n) is 9.56. The zero-order valence-corrected chi connectivity index (χ0v) is 18.2. The van der Waals surface area contributed by atoms with Gasteiger partial charge in [0.05, 0.1) is 11.8 Å². The normalized spacial score (nSPS) is 19.1. The third kappa shape index (κ3) is 4.13. The van der Waals surface area contributed by atoms with E-state index in [0.717, 1.165) is 31.3 Å². The number of nitrogens with one attached hydrogen (secondary N) is 1. The van der Waals surface area contributed by atoms with Gasteiger partial charge in [0.1, 0.15) is 6.04 Å². The number of carboxylic acids is 1. The smallest absolute Gasteiger partial charge is 0.326 e. The van der Waals surface area contributed by atoms with Gasteiger partial charge in [0.25, 0.3) is 5.91 Å². The highest BCUT2D eigenvalue weighted by Crippen LogP contribution is 2.34. The maximum Gasteiger partial charge on any atom is 0.326 e. The molecule has 2 aromatic carbocycles. The van der Waals surface area contributed by atoms with Gasteiger partial charge in [0.15, 0.2) is 9.84 Å². The number of amides is 2. The third-order valence-corrected chi connectivity index (χ3v) is 8.22. The molecule has 0 unspecified atom stereocenters. The summed E-state index contributed by atoms with van der Waals surface area (Å²) in [5.74, 6) is -2.36. The van der Waals surface area contributed by atoms with E-state index in [1.165, 1.54) is 0 Å². The summed E-state index contributed by atoms with van der Waals surface area (Å²) in [5.41, 5.74) is 0.383. The lowest BCUT2D eigenvalue weighted by atomic mass is 10.1. The zero-order chi connectivity index (χ0) is 22.3. The Morgan fingerprint density at radius 2 is 1.84 bits per heavy atom. The molecule has 8 nitrogen and oxygen atoms in total. The van der Waals surface area contributed by atoms with Gasteiger partial charge in [-0.1, -0.05) is 18.2 Å². The van der Waals surface area contributed by atoms with E-state index in [2.05, 4.69) is 5.32 Å². The van der Waals surface area contributed by atoms with E-state index in [-0.39, 0.29) is 13.0 Å². The molecule has 10 heteroatoms. The van der Waals surface area contributed by atoms with Crippen LogP contribution < -0.4 is 5.32 Å². The highest BCUT2D eigenvalue weighted by Gasteiger charge is 2.43. The van der Waals surface area contributed by atoms with Crippen LogP contribution in [0.5, 0.6) is 0 Å². The highest BCUT2D eigenvalue weighted by molar-refractivity contribution is 7.91. The molecule has 2 atom stereocenters. The molecule has 1 aliphatic rings. The van der Waals surface area contributed by atoms with Gasteiger partial charge < -0.3 is 15.3 Å². The summed E-state index contributed by atoms with van der Waals surface area (Å²) >= 11 is 1.62. The second-order valence-electron chi connectivity index (χ2n) is 7.58. The largest absolute Gasteiger partial charge is 0.480 e. The molecule has 4 rings (SSSR count). The Labute approximate surface area is 182 Å². The standard InChI is InChI=1S/C21H20N2O6S2/c1-31(28,29)13-9-16(21(26)27)23(11-13)19(24)10-22-20(25)12-6-7-18-15(8-12)14-4-2-3-5-17(14)30-18/h2-8,13,16H,9-11H2,1H3,(H,22,25)(H,26,27)/t13-,16+/m1/s1. The number of nitrogens with zero attached hydrogens (tertiary/aromatic N) is 1. The second kappa shape index (κ2) is 7.93. The van der Waals surface area contributed by atoms with E-state index in [4.69, 9.17) is 0 Å². The lowest BCUT2D eigenvalue weighted by Gasteiger charge is -2.21. The quantitative estimate of drug-likeness (QED) is 0.600. The SMILES string of the molecule is CS(=O)(=O)[C@@H]1C[C@@H](C(=O)O)N(C(=O)CNC(=O)c2ccc3sc4ccccc4c3c2)C1. The zero-order valence-electron chi connectivity index (χ0n) is 16.6. The molecule has 1 aliphatic heterocycles. The monoisotopic (exact) mass is 460 g/mol. The Bertz CT molecular complexity index is 1310. The van der Waals surface area contributed by atoms with Crippen molar-refractivity contribution in [1.29, 1.82) is 0 Å². The molecule has 31 heavy (non-hydrogen) atoms. The van der Waals surface area contributed by atoms with Crippen LogP contribution in [0.15, 0.2) is 42.5 Å². The number of sulfone groups is 1. The van der Waals surface area contributed by atoms with Crippen molar-refractivity contribution in [3.8, 4) is 0 Å². The van der Waals surface area contributed by atoms with Crippen LogP contribution in [-0.2, 0) is 19.4 Å². The number of hydrogen-bond donors (Lipinski definition) is 2. The number of carbonyl (C=O) groups excluding carboxylic acids is 2. The predicted octanol–water partition coefficient (Wildman–Crippen LogP) is 1.88. The average Bonchev–Trinajstić information content (AvgIpc) is 3.33. The molecule has 162 valence electrons. The van der Waals surface area contributed by atoms with E-state index >= 15 is 0 Å². The molecule has 3 aromatic rings. The Morgan fingerprint density at radius 1 is 1.13 bits per heavy atom. The molecule has 2 amide bonds. The summed E-state index contributed by atoms with van der Waals surface area (Å²) in [5, 5.41) is 12.9. The first kappa shape index (κ1) is 21.3. The van der Waals surface area contributed by atoms with Crippen molar-refractivity contribution >= 4 is 59.1 Å². The molecule has 0 saturated carbocycles.